The van der Waals surface area contributed by atoms with Crippen molar-refractivity contribution in [1.82, 2.24) is 14.9 Å². The SMILES string of the molecule is O=C(c1ccsc1)N1CCO[C@H](CCc2ccncn2)C1. The van der Waals surface area contributed by atoms with Crippen molar-refractivity contribution in [3.05, 3.63) is 46.7 Å². The maximum absolute atomic E-state index is 12.3. The molecule has 1 amide bonds. The Morgan fingerprint density at radius 3 is 3.19 bits per heavy atom. The van der Waals surface area contributed by atoms with E-state index < -0.39 is 0 Å². The molecule has 2 aromatic rings. The molecule has 0 unspecified atom stereocenters. The Morgan fingerprint density at radius 2 is 2.43 bits per heavy atom. The van der Waals surface area contributed by atoms with Gasteiger partial charge in [-0.05, 0) is 30.4 Å². The van der Waals surface area contributed by atoms with E-state index in [0.717, 1.165) is 24.1 Å². The molecule has 0 aliphatic carbocycles. The summed E-state index contributed by atoms with van der Waals surface area (Å²) in [6, 6.07) is 3.79. The molecule has 0 radical (unpaired) electrons. The highest BCUT2D eigenvalue weighted by Crippen LogP contribution is 2.15. The van der Waals surface area contributed by atoms with Crippen molar-refractivity contribution in [2.45, 2.75) is 18.9 Å². The predicted octanol–water partition coefficient (Wildman–Crippen LogP) is 2.01. The zero-order valence-corrected chi connectivity index (χ0v) is 12.5. The first-order chi connectivity index (χ1) is 10.3. The molecule has 110 valence electrons. The normalized spacial score (nSPS) is 18.7. The van der Waals surface area contributed by atoms with Crippen LogP contribution in [0, 0.1) is 0 Å². The van der Waals surface area contributed by atoms with Gasteiger partial charge >= 0.3 is 0 Å². The van der Waals surface area contributed by atoms with E-state index in [1.807, 2.05) is 27.8 Å². The monoisotopic (exact) mass is 303 g/mol. The minimum absolute atomic E-state index is 0.0799. The molecule has 0 spiro atoms. The molecule has 1 aliphatic rings. The van der Waals surface area contributed by atoms with Crippen molar-refractivity contribution in [1.29, 1.82) is 0 Å². The van der Waals surface area contributed by atoms with Crippen LogP contribution in [0.15, 0.2) is 35.4 Å². The van der Waals surface area contributed by atoms with Crippen molar-refractivity contribution >= 4 is 17.2 Å². The summed E-state index contributed by atoms with van der Waals surface area (Å²) in [4.78, 5) is 22.3. The zero-order chi connectivity index (χ0) is 14.5. The van der Waals surface area contributed by atoms with Gasteiger partial charge in [0.1, 0.15) is 6.33 Å². The van der Waals surface area contributed by atoms with Crippen LogP contribution in [0.4, 0.5) is 0 Å². The summed E-state index contributed by atoms with van der Waals surface area (Å²) >= 11 is 1.55. The van der Waals surface area contributed by atoms with Crippen molar-refractivity contribution in [2.75, 3.05) is 19.7 Å². The summed E-state index contributed by atoms with van der Waals surface area (Å²) in [5.41, 5.74) is 1.78. The fraction of sp³-hybridized carbons (Fsp3) is 0.400. The Kier molecular flexibility index (Phi) is 4.57. The average molecular weight is 303 g/mol. The van der Waals surface area contributed by atoms with Gasteiger partial charge in [-0.15, -0.1) is 0 Å². The summed E-state index contributed by atoms with van der Waals surface area (Å²) in [7, 11) is 0. The second kappa shape index (κ2) is 6.78. The Bertz CT molecular complexity index is 574. The number of ether oxygens (including phenoxy) is 1. The maximum Gasteiger partial charge on any atom is 0.254 e. The van der Waals surface area contributed by atoms with Crippen LogP contribution in [0.2, 0.25) is 0 Å². The molecule has 21 heavy (non-hydrogen) atoms. The number of thiophene rings is 1. The van der Waals surface area contributed by atoms with E-state index in [0.29, 0.717) is 19.7 Å². The molecular formula is C15H17N3O2S. The summed E-state index contributed by atoms with van der Waals surface area (Å²) in [6.45, 7) is 1.92. The number of carbonyl (C=O) groups excluding carboxylic acids is 1. The maximum atomic E-state index is 12.3. The number of carbonyl (C=O) groups is 1. The fourth-order valence-electron chi connectivity index (χ4n) is 2.42. The number of morpholine rings is 1. The van der Waals surface area contributed by atoms with E-state index in [9.17, 15) is 4.79 Å². The molecule has 6 heteroatoms. The van der Waals surface area contributed by atoms with Crippen molar-refractivity contribution in [2.24, 2.45) is 0 Å². The van der Waals surface area contributed by atoms with Gasteiger partial charge in [0.25, 0.3) is 5.91 Å². The number of aromatic nitrogens is 2. The van der Waals surface area contributed by atoms with Crippen LogP contribution in [-0.2, 0) is 11.2 Å². The summed E-state index contributed by atoms with van der Waals surface area (Å²) in [5, 5.41) is 3.83. The molecule has 0 aromatic carbocycles. The largest absolute Gasteiger partial charge is 0.375 e. The van der Waals surface area contributed by atoms with E-state index in [2.05, 4.69) is 9.97 Å². The van der Waals surface area contributed by atoms with Crippen LogP contribution < -0.4 is 0 Å². The lowest BCUT2D eigenvalue weighted by atomic mass is 10.1. The van der Waals surface area contributed by atoms with Gasteiger partial charge in [0.2, 0.25) is 0 Å². The zero-order valence-electron chi connectivity index (χ0n) is 11.6. The first-order valence-corrected chi connectivity index (χ1v) is 7.95. The second-order valence-corrected chi connectivity index (χ2v) is 5.78. The van der Waals surface area contributed by atoms with Crippen LogP contribution in [0.5, 0.6) is 0 Å². The van der Waals surface area contributed by atoms with Crippen molar-refractivity contribution in [3.8, 4) is 0 Å². The number of aryl methyl sites for hydroxylation is 1. The van der Waals surface area contributed by atoms with Gasteiger partial charge in [0.15, 0.2) is 0 Å². The lowest BCUT2D eigenvalue weighted by Gasteiger charge is -2.32. The first kappa shape index (κ1) is 14.2. The molecule has 2 aromatic heterocycles. The highest BCUT2D eigenvalue weighted by Gasteiger charge is 2.25. The van der Waals surface area contributed by atoms with Gasteiger partial charge in [-0.25, -0.2) is 9.97 Å². The Balaban J connectivity index is 1.55. The molecule has 0 bridgehead atoms. The molecule has 1 fully saturated rings. The topological polar surface area (TPSA) is 55.3 Å². The van der Waals surface area contributed by atoms with E-state index in [4.69, 9.17) is 4.74 Å². The quantitative estimate of drug-likeness (QED) is 0.867. The van der Waals surface area contributed by atoms with E-state index in [-0.39, 0.29) is 12.0 Å². The second-order valence-electron chi connectivity index (χ2n) is 5.00. The molecule has 3 rings (SSSR count). The number of hydrogen-bond donors (Lipinski definition) is 0. The molecule has 5 nitrogen and oxygen atoms in total. The van der Waals surface area contributed by atoms with Gasteiger partial charge in [0, 0.05) is 30.4 Å². The Morgan fingerprint density at radius 1 is 1.48 bits per heavy atom. The number of amides is 1. The third kappa shape index (κ3) is 3.65. The van der Waals surface area contributed by atoms with Crippen LogP contribution in [0.25, 0.3) is 0 Å². The van der Waals surface area contributed by atoms with Gasteiger partial charge in [-0.2, -0.15) is 11.3 Å². The lowest BCUT2D eigenvalue weighted by Crippen LogP contribution is -2.45. The van der Waals surface area contributed by atoms with Crippen molar-refractivity contribution < 1.29 is 9.53 Å². The molecule has 1 saturated heterocycles. The molecule has 0 saturated carbocycles. The third-order valence-electron chi connectivity index (χ3n) is 3.56. The molecule has 1 aliphatic heterocycles. The van der Waals surface area contributed by atoms with E-state index >= 15 is 0 Å². The Hall–Kier alpha value is -1.79. The number of nitrogens with zero attached hydrogens (tertiary/aromatic N) is 3. The summed E-state index contributed by atoms with van der Waals surface area (Å²) in [6.07, 6.45) is 5.09. The van der Waals surface area contributed by atoms with Crippen LogP contribution in [0.1, 0.15) is 22.5 Å². The van der Waals surface area contributed by atoms with Crippen molar-refractivity contribution in [3.63, 3.8) is 0 Å². The van der Waals surface area contributed by atoms with Gasteiger partial charge in [0.05, 0.1) is 18.3 Å². The van der Waals surface area contributed by atoms with Crippen LogP contribution in [0.3, 0.4) is 0 Å². The Labute approximate surface area is 127 Å². The minimum atomic E-state index is 0.0799. The molecule has 1 atom stereocenters. The smallest absolute Gasteiger partial charge is 0.254 e. The highest BCUT2D eigenvalue weighted by atomic mass is 32.1. The fourth-order valence-corrected chi connectivity index (χ4v) is 3.05. The van der Waals surface area contributed by atoms with Crippen LogP contribution >= 0.6 is 11.3 Å². The highest BCUT2D eigenvalue weighted by molar-refractivity contribution is 7.08. The third-order valence-corrected chi connectivity index (χ3v) is 4.24. The molecular weight excluding hydrogens is 286 g/mol. The number of hydrogen-bond acceptors (Lipinski definition) is 5. The predicted molar refractivity (Wildman–Crippen MR) is 80.3 cm³/mol. The molecule has 0 N–H and O–H groups in total. The summed E-state index contributed by atoms with van der Waals surface area (Å²) in [5.74, 6) is 0.103. The lowest BCUT2D eigenvalue weighted by molar-refractivity contribution is -0.0246. The van der Waals surface area contributed by atoms with E-state index in [1.165, 1.54) is 0 Å². The summed E-state index contributed by atoms with van der Waals surface area (Å²) < 4.78 is 5.76. The molecule has 3 heterocycles. The van der Waals surface area contributed by atoms with Crippen LogP contribution in [-0.4, -0.2) is 46.6 Å². The van der Waals surface area contributed by atoms with Gasteiger partial charge < -0.3 is 9.64 Å². The van der Waals surface area contributed by atoms with E-state index in [1.54, 1.807) is 23.9 Å². The number of rotatable bonds is 4. The van der Waals surface area contributed by atoms with Gasteiger partial charge in [-0.3, -0.25) is 4.79 Å². The van der Waals surface area contributed by atoms with Gasteiger partial charge in [-0.1, -0.05) is 0 Å². The first-order valence-electron chi connectivity index (χ1n) is 7.01. The minimum Gasteiger partial charge on any atom is -0.375 e. The standard InChI is InChI=1S/C15H17N3O2S/c19-15(12-4-8-21-10-12)18-6-7-20-14(9-18)2-1-13-3-5-16-11-17-13/h3-5,8,10-11,14H,1-2,6-7,9H2/t14-/m1/s1. The average Bonchev–Trinajstić information content (AvgIpc) is 3.08.